The van der Waals surface area contributed by atoms with Gasteiger partial charge in [0.25, 0.3) is 0 Å². The summed E-state index contributed by atoms with van der Waals surface area (Å²) in [7, 11) is 0. The van der Waals surface area contributed by atoms with E-state index in [9.17, 15) is 171 Å². The Hall–Kier alpha value is -3.63. The van der Waals surface area contributed by atoms with Crippen molar-refractivity contribution >= 4 is 15.9 Å². The predicted octanol–water partition coefficient (Wildman–Crippen LogP) is 17.3. The quantitative estimate of drug-likeness (QED) is 0.0475. The van der Waals surface area contributed by atoms with Crippen molar-refractivity contribution in [2.45, 2.75) is 151 Å². The Balaban J connectivity index is 3.76. The van der Waals surface area contributed by atoms with E-state index < -0.39 is 194 Å². The van der Waals surface area contributed by atoms with Gasteiger partial charge in [0.15, 0.2) is 11.5 Å². The number of rotatable bonds is 28. The average molecular weight is 1300 g/mol. The Bertz CT molecular complexity index is 2030. The monoisotopic (exact) mass is 1300 g/mol. The molecule has 77 heavy (non-hydrogen) atoms. The van der Waals surface area contributed by atoms with Gasteiger partial charge >= 0.3 is 107 Å². The first-order chi connectivity index (χ1) is 33.5. The van der Waals surface area contributed by atoms with Crippen molar-refractivity contribution < 1.29 is 185 Å². The van der Waals surface area contributed by atoms with Crippen molar-refractivity contribution in [3.05, 3.63) is 17.7 Å². The fourth-order valence-corrected chi connectivity index (χ4v) is 5.69. The number of ether oxygens (including phenoxy) is 3. The maximum atomic E-state index is 14.4. The Labute approximate surface area is 407 Å². The van der Waals surface area contributed by atoms with Gasteiger partial charge in [-0.15, -0.1) is 0 Å². The van der Waals surface area contributed by atoms with E-state index in [1.807, 2.05) is 0 Å². The van der Waals surface area contributed by atoms with Crippen LogP contribution in [0.25, 0.3) is 0 Å². The summed E-state index contributed by atoms with van der Waals surface area (Å²) in [5.74, 6) is -124. The average Bonchev–Trinajstić information content (AvgIpc) is 3.23. The van der Waals surface area contributed by atoms with E-state index in [-0.39, 0.29) is 0 Å². The molecular formula is C34H22BrF39O3. The molecule has 43 heteroatoms. The third-order valence-corrected chi connectivity index (χ3v) is 10.5. The first-order valence-electron chi connectivity index (χ1n) is 18.9. The third-order valence-electron chi connectivity index (χ3n) is 9.90. The molecule has 0 unspecified atom stereocenters. The molecule has 1 rings (SSSR count). The number of halogens is 40. The summed E-state index contributed by atoms with van der Waals surface area (Å²) in [4.78, 5) is 0. The molecule has 0 radical (unpaired) electrons. The van der Waals surface area contributed by atoms with Gasteiger partial charge in [-0.25, -0.2) is 0 Å². The summed E-state index contributed by atoms with van der Waals surface area (Å²) in [5.41, 5.74) is -0.610. The van der Waals surface area contributed by atoms with Crippen LogP contribution in [-0.2, 0) is 5.33 Å². The zero-order valence-electron chi connectivity index (χ0n) is 35.6. The summed E-state index contributed by atoms with van der Waals surface area (Å²) in [6.45, 7) is -5.85. The van der Waals surface area contributed by atoms with Crippen LogP contribution in [0.4, 0.5) is 171 Å². The molecule has 1 aromatic carbocycles. The molecule has 0 bridgehead atoms. The standard InChI is InChI=1S/C34H22BrF39O3/c35-12-13-10-14(75-7-1-4-17(36,37)20(42,43)23(48,49)26(54,55)29(60,61)32(66,67)68)16(77-9-3-6-19(40,41)22(46,47)25(52,53)28(58,59)31(64,65)34(72,73)74)15(11-13)76-8-2-5-18(38,39)21(44,45)24(50,51)27(56,57)30(62,63)33(69,70)71/h10-11H,1-9,12H2. The summed E-state index contributed by atoms with van der Waals surface area (Å²) >= 11 is 2.58. The van der Waals surface area contributed by atoms with E-state index in [1.54, 1.807) is 0 Å². The van der Waals surface area contributed by atoms with Crippen LogP contribution in [0.15, 0.2) is 12.1 Å². The van der Waals surface area contributed by atoms with Gasteiger partial charge in [0.05, 0.1) is 19.8 Å². The summed E-state index contributed by atoms with van der Waals surface area (Å²) in [6.07, 6.45) is -39.2. The van der Waals surface area contributed by atoms with Crippen LogP contribution >= 0.6 is 15.9 Å². The van der Waals surface area contributed by atoms with Crippen molar-refractivity contribution in [3.63, 3.8) is 0 Å². The van der Waals surface area contributed by atoms with Crippen LogP contribution in [0.3, 0.4) is 0 Å². The lowest BCUT2D eigenvalue weighted by Gasteiger charge is -2.39. The van der Waals surface area contributed by atoms with Gasteiger partial charge in [0, 0.05) is 24.6 Å². The molecule has 456 valence electrons. The van der Waals surface area contributed by atoms with Crippen LogP contribution in [0, 0.1) is 0 Å². The van der Waals surface area contributed by atoms with Crippen molar-refractivity contribution in [3.8, 4) is 17.2 Å². The zero-order chi connectivity index (χ0) is 61.9. The number of benzene rings is 1. The summed E-state index contributed by atoms with van der Waals surface area (Å²) in [6, 6.07) is 0.634. The van der Waals surface area contributed by atoms with Crippen molar-refractivity contribution in [2.75, 3.05) is 19.8 Å². The van der Waals surface area contributed by atoms with Gasteiger partial charge in [-0.2, -0.15) is 171 Å². The lowest BCUT2D eigenvalue weighted by molar-refractivity contribution is -0.440. The molecule has 1 aromatic rings. The Morgan fingerprint density at radius 3 is 0.662 bits per heavy atom. The van der Waals surface area contributed by atoms with Gasteiger partial charge in [-0.1, -0.05) is 15.9 Å². The molecular weight excluding hydrogens is 1280 g/mol. The molecule has 0 fully saturated rings. The van der Waals surface area contributed by atoms with Gasteiger partial charge in [-0.05, 0) is 37.0 Å². The normalized spacial score (nSPS) is 15.8. The highest BCUT2D eigenvalue weighted by Crippen LogP contribution is 2.64. The second kappa shape index (κ2) is 21.4. The zero-order valence-corrected chi connectivity index (χ0v) is 37.2. The molecule has 3 nitrogen and oxygen atoms in total. The van der Waals surface area contributed by atoms with Crippen molar-refractivity contribution in [1.82, 2.24) is 0 Å². The molecule has 0 atom stereocenters. The number of alkyl halides is 40. The maximum absolute atomic E-state index is 14.4. The Morgan fingerprint density at radius 2 is 0.468 bits per heavy atom. The summed E-state index contributed by atoms with van der Waals surface area (Å²) < 4.78 is 541. The van der Waals surface area contributed by atoms with Crippen LogP contribution in [-0.4, -0.2) is 127 Å². The van der Waals surface area contributed by atoms with Crippen LogP contribution in [0.5, 0.6) is 17.2 Å². The van der Waals surface area contributed by atoms with E-state index in [2.05, 4.69) is 30.1 Å². The van der Waals surface area contributed by atoms with E-state index in [4.69, 9.17) is 0 Å². The van der Waals surface area contributed by atoms with Gasteiger partial charge < -0.3 is 14.2 Å². The van der Waals surface area contributed by atoms with Crippen LogP contribution < -0.4 is 14.2 Å². The lowest BCUT2D eigenvalue weighted by atomic mass is 9.92. The number of hydrogen-bond donors (Lipinski definition) is 0. The highest BCUT2D eigenvalue weighted by Gasteiger charge is 2.93. The maximum Gasteiger partial charge on any atom is 0.460 e. The SMILES string of the molecule is FC(F)(F)C(F)(F)C(F)(F)C(F)(F)C(F)(F)C(F)(F)CCCOc1cc(CBr)cc(OCCCC(F)(F)C(F)(F)C(F)(F)C(F)(F)C(F)(F)C(F)(F)F)c1OCCCC(F)(F)C(F)(F)C(F)(F)C(F)(F)C(F)(F)C(F)(F)F. The largest absolute Gasteiger partial charge is 0.490 e. The lowest BCUT2D eigenvalue weighted by Crippen LogP contribution is -2.70. The predicted molar refractivity (Wildman–Crippen MR) is 176 cm³/mol. The fourth-order valence-electron chi connectivity index (χ4n) is 5.36. The van der Waals surface area contributed by atoms with Gasteiger partial charge in [0.2, 0.25) is 5.75 Å². The molecule has 0 saturated carbocycles. The minimum atomic E-state index is -8.43. The van der Waals surface area contributed by atoms with Crippen molar-refractivity contribution in [1.29, 1.82) is 0 Å². The molecule has 0 aliphatic heterocycles. The minimum Gasteiger partial charge on any atom is -0.490 e. The molecule has 0 aliphatic rings. The first kappa shape index (κ1) is 71.4. The van der Waals surface area contributed by atoms with Gasteiger partial charge in [0.1, 0.15) is 0 Å². The third kappa shape index (κ3) is 11.9. The first-order valence-corrected chi connectivity index (χ1v) is 20.1. The topological polar surface area (TPSA) is 27.7 Å². The molecule has 0 aromatic heterocycles. The summed E-state index contributed by atoms with van der Waals surface area (Å²) in [5, 5.41) is -0.764. The second-order valence-corrected chi connectivity index (χ2v) is 16.0. The molecule has 0 N–H and O–H groups in total. The molecule has 0 amide bonds. The van der Waals surface area contributed by atoms with Crippen LogP contribution in [0.2, 0.25) is 0 Å². The van der Waals surface area contributed by atoms with E-state index in [0.29, 0.717) is 12.1 Å². The fraction of sp³-hybridized carbons (Fsp3) is 0.824. The van der Waals surface area contributed by atoms with Crippen molar-refractivity contribution in [2.24, 2.45) is 0 Å². The second-order valence-electron chi connectivity index (χ2n) is 15.4. The van der Waals surface area contributed by atoms with E-state index in [1.165, 1.54) is 0 Å². The molecule has 0 spiro atoms. The molecule has 0 saturated heterocycles. The minimum absolute atomic E-state index is 0.317. The molecule has 0 heterocycles. The Morgan fingerprint density at radius 1 is 0.273 bits per heavy atom. The van der Waals surface area contributed by atoms with Crippen LogP contribution in [0.1, 0.15) is 44.1 Å². The molecule has 0 aliphatic carbocycles. The van der Waals surface area contributed by atoms with E-state index >= 15 is 0 Å². The highest BCUT2D eigenvalue weighted by molar-refractivity contribution is 9.08. The number of hydrogen-bond acceptors (Lipinski definition) is 3. The smallest absolute Gasteiger partial charge is 0.460 e. The van der Waals surface area contributed by atoms with E-state index in [0.717, 1.165) is 0 Å². The highest BCUT2D eigenvalue weighted by atomic mass is 79.9. The van der Waals surface area contributed by atoms with Gasteiger partial charge in [-0.3, -0.25) is 0 Å². The Kier molecular flexibility index (Phi) is 19.8.